The molecular formula is C26H31N3O3. The molecule has 1 saturated heterocycles. The van der Waals surface area contributed by atoms with Crippen molar-refractivity contribution >= 4 is 11.9 Å². The zero-order valence-electron chi connectivity index (χ0n) is 18.4. The van der Waals surface area contributed by atoms with E-state index in [1.807, 2.05) is 73.7 Å². The Balaban J connectivity index is 0.000000416. The number of cyclic esters (lactones) is 1. The highest BCUT2D eigenvalue weighted by Gasteiger charge is 2.30. The quantitative estimate of drug-likeness (QED) is 0.567. The molecule has 4 rings (SSSR count). The van der Waals surface area contributed by atoms with E-state index in [1.165, 1.54) is 0 Å². The number of hydrogen-bond donors (Lipinski definition) is 2. The molecule has 2 unspecified atom stereocenters. The van der Waals surface area contributed by atoms with Crippen LogP contribution in [0.3, 0.4) is 0 Å². The molecule has 1 amide bonds. The Morgan fingerprint density at radius 1 is 1.06 bits per heavy atom. The second-order valence-electron chi connectivity index (χ2n) is 7.78. The maximum atomic E-state index is 12.3. The van der Waals surface area contributed by atoms with Crippen LogP contribution >= 0.6 is 0 Å². The van der Waals surface area contributed by atoms with Crippen molar-refractivity contribution in [1.29, 1.82) is 0 Å². The van der Waals surface area contributed by atoms with Gasteiger partial charge in [-0.2, -0.15) is 0 Å². The number of anilines is 1. The van der Waals surface area contributed by atoms with Crippen molar-refractivity contribution in [2.45, 2.75) is 38.3 Å². The summed E-state index contributed by atoms with van der Waals surface area (Å²) < 4.78 is 5.50. The maximum absolute atomic E-state index is 12.3. The fraction of sp³-hybridized carbons (Fsp3) is 0.308. The van der Waals surface area contributed by atoms with E-state index in [0.29, 0.717) is 18.8 Å². The minimum Gasteiger partial charge on any atom is -0.446 e. The number of benzene rings is 2. The number of nitrogens with two attached hydrogens (primary N) is 1. The van der Waals surface area contributed by atoms with E-state index in [4.69, 9.17) is 15.6 Å². The number of carbonyl (C=O) groups is 1. The summed E-state index contributed by atoms with van der Waals surface area (Å²) in [4.78, 5) is 18.2. The lowest BCUT2D eigenvalue weighted by Crippen LogP contribution is -2.43. The van der Waals surface area contributed by atoms with Gasteiger partial charge in [0.1, 0.15) is 11.9 Å². The van der Waals surface area contributed by atoms with Crippen LogP contribution in [-0.4, -0.2) is 40.3 Å². The van der Waals surface area contributed by atoms with Crippen LogP contribution in [0.4, 0.5) is 10.6 Å². The van der Waals surface area contributed by atoms with Gasteiger partial charge in [0, 0.05) is 31.3 Å². The summed E-state index contributed by atoms with van der Waals surface area (Å²) >= 11 is 0. The van der Waals surface area contributed by atoms with Crippen molar-refractivity contribution in [1.82, 2.24) is 9.88 Å². The highest BCUT2D eigenvalue weighted by molar-refractivity contribution is 5.69. The Bertz CT molecular complexity index is 920. The second kappa shape index (κ2) is 11.9. The first-order valence-electron chi connectivity index (χ1n) is 11.0. The third-order valence-corrected chi connectivity index (χ3v) is 5.53. The van der Waals surface area contributed by atoms with E-state index in [2.05, 4.69) is 4.98 Å². The maximum Gasteiger partial charge on any atom is 0.410 e. The second-order valence-corrected chi connectivity index (χ2v) is 7.78. The molecule has 2 atom stereocenters. The summed E-state index contributed by atoms with van der Waals surface area (Å²) in [6.07, 6.45) is 3.56. The van der Waals surface area contributed by atoms with Crippen molar-refractivity contribution in [2.24, 2.45) is 0 Å². The lowest BCUT2D eigenvalue weighted by atomic mass is 10.0. The number of nitrogen functional groups attached to an aromatic ring is 1. The van der Waals surface area contributed by atoms with Crippen molar-refractivity contribution in [3.05, 3.63) is 84.6 Å². The molecule has 2 aromatic carbocycles. The molecule has 0 bridgehead atoms. The van der Waals surface area contributed by atoms with E-state index in [1.54, 1.807) is 17.2 Å². The average molecular weight is 434 g/mol. The Morgan fingerprint density at radius 2 is 1.69 bits per heavy atom. The molecule has 6 heteroatoms. The van der Waals surface area contributed by atoms with Gasteiger partial charge in [0.05, 0.1) is 6.04 Å². The molecule has 3 aromatic rings. The smallest absolute Gasteiger partial charge is 0.410 e. The monoisotopic (exact) mass is 433 g/mol. The van der Waals surface area contributed by atoms with Crippen LogP contribution in [0.15, 0.2) is 79.0 Å². The van der Waals surface area contributed by atoms with Crippen LogP contribution in [0.5, 0.6) is 0 Å². The largest absolute Gasteiger partial charge is 0.446 e. The molecular weight excluding hydrogens is 402 g/mol. The summed E-state index contributed by atoms with van der Waals surface area (Å²) in [6, 6.07) is 23.8. The van der Waals surface area contributed by atoms with Crippen LogP contribution in [0, 0.1) is 0 Å². The van der Waals surface area contributed by atoms with Gasteiger partial charge < -0.3 is 20.5 Å². The highest BCUT2D eigenvalue weighted by Crippen LogP contribution is 2.28. The minimum absolute atomic E-state index is 0.0557. The van der Waals surface area contributed by atoms with Crippen molar-refractivity contribution in [2.75, 3.05) is 18.9 Å². The zero-order chi connectivity index (χ0) is 22.8. The summed E-state index contributed by atoms with van der Waals surface area (Å²) in [6.45, 7) is 2.80. The van der Waals surface area contributed by atoms with Crippen LogP contribution in [0.1, 0.15) is 37.8 Å². The van der Waals surface area contributed by atoms with Crippen LogP contribution in [-0.2, 0) is 4.74 Å². The lowest BCUT2D eigenvalue weighted by Gasteiger charge is -2.35. The van der Waals surface area contributed by atoms with Gasteiger partial charge in [0.2, 0.25) is 0 Å². The van der Waals surface area contributed by atoms with E-state index < -0.39 is 0 Å². The molecule has 0 saturated carbocycles. The first-order chi connectivity index (χ1) is 15.6. The third kappa shape index (κ3) is 6.56. The molecule has 168 valence electrons. The molecule has 1 fully saturated rings. The van der Waals surface area contributed by atoms with Gasteiger partial charge in [-0.1, -0.05) is 60.7 Å². The number of aliphatic hydroxyl groups is 1. The predicted octanol–water partition coefficient (Wildman–Crippen LogP) is 5.06. The van der Waals surface area contributed by atoms with E-state index in [-0.39, 0.29) is 24.8 Å². The molecule has 32 heavy (non-hydrogen) atoms. The highest BCUT2D eigenvalue weighted by atomic mass is 16.6. The van der Waals surface area contributed by atoms with Crippen molar-refractivity contribution < 1.29 is 14.6 Å². The first kappa shape index (κ1) is 23.3. The molecule has 1 aliphatic heterocycles. The van der Waals surface area contributed by atoms with Gasteiger partial charge >= 0.3 is 6.09 Å². The molecule has 0 aliphatic carbocycles. The van der Waals surface area contributed by atoms with Crippen LogP contribution < -0.4 is 5.73 Å². The fourth-order valence-corrected chi connectivity index (χ4v) is 3.61. The number of pyridine rings is 1. The van der Waals surface area contributed by atoms with E-state index in [9.17, 15) is 4.79 Å². The van der Waals surface area contributed by atoms with Gasteiger partial charge in [0.25, 0.3) is 0 Å². The summed E-state index contributed by atoms with van der Waals surface area (Å²) in [5.74, 6) is 0.500. The predicted molar refractivity (Wildman–Crippen MR) is 127 cm³/mol. The fourth-order valence-electron chi connectivity index (χ4n) is 3.61. The molecule has 2 heterocycles. The number of aromatic nitrogens is 1. The average Bonchev–Trinajstić information content (AvgIpc) is 2.84. The molecule has 0 radical (unpaired) electrons. The normalized spacial score (nSPS) is 16.5. The first-order valence-corrected chi connectivity index (χ1v) is 11.0. The van der Waals surface area contributed by atoms with Gasteiger partial charge in [-0.3, -0.25) is 0 Å². The Labute approximate surface area is 189 Å². The van der Waals surface area contributed by atoms with Crippen molar-refractivity contribution in [3.63, 3.8) is 0 Å². The van der Waals surface area contributed by atoms with Crippen LogP contribution in [0.2, 0.25) is 0 Å². The summed E-state index contributed by atoms with van der Waals surface area (Å²) in [7, 11) is 0. The Morgan fingerprint density at radius 3 is 2.22 bits per heavy atom. The van der Waals surface area contributed by atoms with Gasteiger partial charge in [0.15, 0.2) is 0 Å². The van der Waals surface area contributed by atoms with E-state index in [0.717, 1.165) is 29.5 Å². The van der Waals surface area contributed by atoms with Gasteiger partial charge in [-0.25, -0.2) is 9.78 Å². The third-order valence-electron chi connectivity index (χ3n) is 5.53. The van der Waals surface area contributed by atoms with Crippen LogP contribution in [0.25, 0.3) is 11.1 Å². The number of nitrogens with zero attached hydrogens (tertiary/aromatic N) is 2. The number of rotatable bonds is 6. The topological polar surface area (TPSA) is 88.7 Å². The SMILES string of the molecule is CC(c1ccc(-c2ccc(N)nc2)cc1)N1CCC(CCCO)OC1=O.c1ccccc1. The molecule has 0 spiro atoms. The zero-order valence-corrected chi connectivity index (χ0v) is 18.4. The number of amides is 1. The van der Waals surface area contributed by atoms with Gasteiger partial charge in [-0.05, 0) is 43.0 Å². The molecule has 3 N–H and O–H groups in total. The molecule has 6 nitrogen and oxygen atoms in total. The Hall–Kier alpha value is -3.38. The number of hydrogen-bond acceptors (Lipinski definition) is 5. The number of aliphatic hydroxyl groups excluding tert-OH is 1. The standard InChI is InChI=1S/C20H25N3O3.C6H6/c1-14(23-11-10-18(3-2-12-24)26-20(23)25)15-4-6-16(7-5-15)17-8-9-19(21)22-13-17;1-2-4-6-5-3-1/h4-9,13-14,18,24H,2-3,10-12H2,1H3,(H2,21,22);1-6H. The lowest BCUT2D eigenvalue weighted by molar-refractivity contribution is 0.00760. The van der Waals surface area contributed by atoms with Gasteiger partial charge in [-0.15, -0.1) is 0 Å². The summed E-state index contributed by atoms with van der Waals surface area (Å²) in [5.41, 5.74) is 8.74. The minimum atomic E-state index is -0.279. The summed E-state index contributed by atoms with van der Waals surface area (Å²) in [5, 5.41) is 8.91. The number of carbonyl (C=O) groups excluding carboxylic acids is 1. The van der Waals surface area contributed by atoms with E-state index >= 15 is 0 Å². The molecule has 1 aliphatic rings. The Kier molecular flexibility index (Phi) is 8.63. The van der Waals surface area contributed by atoms with Crippen molar-refractivity contribution in [3.8, 4) is 11.1 Å². The molecule has 1 aromatic heterocycles. The number of ether oxygens (including phenoxy) is 1.